The van der Waals surface area contributed by atoms with Gasteiger partial charge >= 0.3 is 5.69 Å². The summed E-state index contributed by atoms with van der Waals surface area (Å²) in [6, 6.07) is 2.24. The highest BCUT2D eigenvalue weighted by Crippen LogP contribution is 2.28. The van der Waals surface area contributed by atoms with Crippen molar-refractivity contribution in [3.8, 4) is 11.4 Å². The third-order valence-electron chi connectivity index (χ3n) is 2.67. The quantitative estimate of drug-likeness (QED) is 0.798. The Hall–Kier alpha value is -2.41. The molecule has 0 amide bonds. The van der Waals surface area contributed by atoms with E-state index in [1.165, 1.54) is 19.2 Å². The molecule has 0 aliphatic heterocycles. The van der Waals surface area contributed by atoms with Gasteiger partial charge in [-0.15, -0.1) is 0 Å². The van der Waals surface area contributed by atoms with Crippen LogP contribution in [0.4, 0.5) is 4.39 Å². The fourth-order valence-electron chi connectivity index (χ4n) is 1.58. The van der Waals surface area contributed by atoms with E-state index in [0.717, 1.165) is 21.5 Å². The predicted molar refractivity (Wildman–Crippen MR) is 75.7 cm³/mol. The normalized spacial score (nSPS) is 10.4. The summed E-state index contributed by atoms with van der Waals surface area (Å²) in [5.74, 6) is -0.588. The van der Waals surface area contributed by atoms with Crippen molar-refractivity contribution in [3.63, 3.8) is 0 Å². The molecule has 1 heterocycles. The lowest BCUT2D eigenvalue weighted by Crippen LogP contribution is -2.38. The van der Waals surface area contributed by atoms with E-state index in [1.54, 1.807) is 0 Å². The molecular formula is C13H11ClFN3O3. The number of aromatic nitrogens is 3. The second kappa shape index (κ2) is 5.92. The zero-order chi connectivity index (χ0) is 15.6. The second-order valence-electron chi connectivity index (χ2n) is 4.07. The molecule has 0 N–H and O–H groups in total. The van der Waals surface area contributed by atoms with Gasteiger partial charge in [-0.05, 0) is 6.07 Å². The van der Waals surface area contributed by atoms with Gasteiger partial charge in [0.25, 0.3) is 5.56 Å². The van der Waals surface area contributed by atoms with Crippen molar-refractivity contribution < 1.29 is 9.13 Å². The van der Waals surface area contributed by atoms with Gasteiger partial charge in [-0.25, -0.2) is 9.18 Å². The van der Waals surface area contributed by atoms with Crippen LogP contribution in [0.2, 0.25) is 5.02 Å². The summed E-state index contributed by atoms with van der Waals surface area (Å²) in [5, 5.41) is 3.68. The smallest absolute Gasteiger partial charge is 0.352 e. The van der Waals surface area contributed by atoms with Crippen LogP contribution in [-0.2, 0) is 7.05 Å². The molecule has 0 fully saturated rings. The number of hydrogen-bond donors (Lipinski definition) is 0. The van der Waals surface area contributed by atoms with Crippen molar-refractivity contribution in [2.45, 2.75) is 0 Å². The number of nitrogens with zero attached hydrogens (tertiary/aromatic N) is 3. The Morgan fingerprint density at radius 3 is 2.86 bits per heavy atom. The van der Waals surface area contributed by atoms with E-state index in [4.69, 9.17) is 16.3 Å². The average molecular weight is 312 g/mol. The highest BCUT2D eigenvalue weighted by Gasteiger charge is 2.14. The number of halogens is 2. The first-order valence-electron chi connectivity index (χ1n) is 5.84. The number of hydrogen-bond acceptors (Lipinski definition) is 4. The van der Waals surface area contributed by atoms with Crippen molar-refractivity contribution >= 4 is 11.6 Å². The summed E-state index contributed by atoms with van der Waals surface area (Å²) in [7, 11) is 1.27. The van der Waals surface area contributed by atoms with E-state index in [2.05, 4.69) is 11.7 Å². The Labute approximate surface area is 123 Å². The van der Waals surface area contributed by atoms with Crippen molar-refractivity contribution in [1.29, 1.82) is 0 Å². The molecule has 0 radical (unpaired) electrons. The first-order chi connectivity index (χ1) is 9.95. The molecule has 0 spiro atoms. The standard InChI is InChI=1S/C13H11ClFN3O3/c1-3-4-21-11-6-10(9(15)5-8(11)14)18-13(20)17(2)12(19)7-16-18/h3,5-7H,1,4H2,2H3. The zero-order valence-corrected chi connectivity index (χ0v) is 11.8. The Morgan fingerprint density at radius 1 is 1.48 bits per heavy atom. The summed E-state index contributed by atoms with van der Waals surface area (Å²) >= 11 is 5.86. The molecule has 1 aromatic heterocycles. The Balaban J connectivity index is 2.64. The fraction of sp³-hybridized carbons (Fsp3) is 0.154. The monoisotopic (exact) mass is 311 g/mol. The van der Waals surface area contributed by atoms with Crippen molar-refractivity contribution in [2.24, 2.45) is 7.05 Å². The molecule has 2 aromatic rings. The molecule has 1 aromatic carbocycles. The minimum absolute atomic E-state index is 0.0518. The van der Waals surface area contributed by atoms with Gasteiger partial charge in [-0.2, -0.15) is 9.78 Å². The molecule has 8 heteroatoms. The van der Waals surface area contributed by atoms with Gasteiger partial charge in [0.05, 0.1) is 5.02 Å². The largest absolute Gasteiger partial charge is 0.488 e. The summed E-state index contributed by atoms with van der Waals surface area (Å²) in [4.78, 5) is 23.3. The van der Waals surface area contributed by atoms with E-state index >= 15 is 0 Å². The van der Waals surface area contributed by atoms with Crippen LogP contribution < -0.4 is 16.0 Å². The van der Waals surface area contributed by atoms with E-state index in [9.17, 15) is 14.0 Å². The van der Waals surface area contributed by atoms with Crippen LogP contribution in [-0.4, -0.2) is 21.0 Å². The number of rotatable bonds is 4. The number of benzene rings is 1. The molecule has 0 bridgehead atoms. The Kier molecular flexibility index (Phi) is 4.23. The van der Waals surface area contributed by atoms with E-state index in [-0.39, 0.29) is 23.1 Å². The lowest BCUT2D eigenvalue weighted by Gasteiger charge is -2.11. The molecule has 0 unspecified atom stereocenters. The van der Waals surface area contributed by atoms with Gasteiger partial charge in [0.1, 0.15) is 24.2 Å². The second-order valence-corrected chi connectivity index (χ2v) is 4.48. The maximum absolute atomic E-state index is 14.0. The molecule has 0 atom stereocenters. The van der Waals surface area contributed by atoms with Crippen molar-refractivity contribution in [2.75, 3.05) is 6.61 Å². The molecule has 0 saturated carbocycles. The third-order valence-corrected chi connectivity index (χ3v) is 2.96. The molecule has 110 valence electrons. The minimum Gasteiger partial charge on any atom is -0.488 e. The van der Waals surface area contributed by atoms with Crippen LogP contribution in [0.5, 0.6) is 5.75 Å². The van der Waals surface area contributed by atoms with E-state index in [1.807, 2.05) is 0 Å². The van der Waals surface area contributed by atoms with Crippen LogP contribution in [0, 0.1) is 5.82 Å². The van der Waals surface area contributed by atoms with Crippen LogP contribution in [0.1, 0.15) is 0 Å². The molecule has 0 aliphatic rings. The molecule has 6 nitrogen and oxygen atoms in total. The number of ether oxygens (including phenoxy) is 1. The maximum atomic E-state index is 14.0. The lowest BCUT2D eigenvalue weighted by molar-refractivity contribution is 0.362. The zero-order valence-electron chi connectivity index (χ0n) is 11.0. The Morgan fingerprint density at radius 2 is 2.19 bits per heavy atom. The van der Waals surface area contributed by atoms with Gasteiger partial charge in [0, 0.05) is 13.1 Å². The minimum atomic E-state index is -0.779. The average Bonchev–Trinajstić information content (AvgIpc) is 2.45. The summed E-state index contributed by atoms with van der Waals surface area (Å²) in [6.07, 6.45) is 2.41. The summed E-state index contributed by atoms with van der Waals surface area (Å²) in [6.45, 7) is 3.66. The highest BCUT2D eigenvalue weighted by molar-refractivity contribution is 6.32. The van der Waals surface area contributed by atoms with E-state index < -0.39 is 17.1 Å². The molecule has 21 heavy (non-hydrogen) atoms. The van der Waals surface area contributed by atoms with Gasteiger partial charge in [0.15, 0.2) is 5.82 Å². The first kappa shape index (κ1) is 15.0. The van der Waals surface area contributed by atoms with Gasteiger partial charge < -0.3 is 4.74 Å². The molecule has 0 aliphatic carbocycles. The maximum Gasteiger partial charge on any atom is 0.352 e. The van der Waals surface area contributed by atoms with Crippen LogP contribution >= 0.6 is 11.6 Å². The van der Waals surface area contributed by atoms with E-state index in [0.29, 0.717) is 0 Å². The molecular weight excluding hydrogens is 301 g/mol. The predicted octanol–water partition coefficient (Wildman–Crippen LogP) is 1.29. The molecule has 0 saturated heterocycles. The fourth-order valence-corrected chi connectivity index (χ4v) is 1.79. The van der Waals surface area contributed by atoms with Crippen molar-refractivity contribution in [1.82, 2.24) is 14.3 Å². The summed E-state index contributed by atoms with van der Waals surface area (Å²) < 4.78 is 20.8. The van der Waals surface area contributed by atoms with Crippen molar-refractivity contribution in [3.05, 3.63) is 62.7 Å². The molecule has 2 rings (SSSR count). The van der Waals surface area contributed by atoms with Crippen LogP contribution in [0.15, 0.2) is 40.6 Å². The third kappa shape index (κ3) is 2.87. The highest BCUT2D eigenvalue weighted by atomic mass is 35.5. The SMILES string of the molecule is C=CCOc1cc(-n2ncc(=O)n(C)c2=O)c(F)cc1Cl. The van der Waals surface area contributed by atoms with Gasteiger partial charge in [-0.1, -0.05) is 24.3 Å². The van der Waals surface area contributed by atoms with Crippen LogP contribution in [0.3, 0.4) is 0 Å². The Bertz CT molecular complexity index is 813. The van der Waals surface area contributed by atoms with Gasteiger partial charge in [0.2, 0.25) is 0 Å². The topological polar surface area (TPSA) is 66.1 Å². The first-order valence-corrected chi connectivity index (χ1v) is 6.22. The lowest BCUT2D eigenvalue weighted by atomic mass is 10.3. The van der Waals surface area contributed by atoms with Crippen LogP contribution in [0.25, 0.3) is 5.69 Å². The summed E-state index contributed by atoms with van der Waals surface area (Å²) in [5.41, 5.74) is -1.54. The van der Waals surface area contributed by atoms with Gasteiger partial charge in [-0.3, -0.25) is 9.36 Å².